The Bertz CT molecular complexity index is 2380. The minimum absolute atomic E-state index is 0.133. The van der Waals surface area contributed by atoms with Crippen LogP contribution in [0.25, 0.3) is 0 Å². The Morgan fingerprint density at radius 3 is 1.42 bits per heavy atom. The van der Waals surface area contributed by atoms with Gasteiger partial charge in [-0.1, -0.05) is 59.6 Å². The fourth-order valence-electron chi connectivity index (χ4n) is 8.51. The SMILES string of the molecule is Cc1ncc(CN2CCN(c3cccc(Cl)c3)C(C(=O)C3CN(Cc4cnc(C)n4Cc4ccc(C#N)cc4)CCN3c3cccc(Cl)c3)C2)n1Cc1ccc(C#N)cc1. The molecule has 0 N–H and O–H groups in total. The van der Waals surface area contributed by atoms with Gasteiger partial charge >= 0.3 is 0 Å². The molecule has 2 saturated heterocycles. The number of nitrogens with zero attached hydrogens (tertiary/aromatic N) is 10. The minimum Gasteiger partial charge on any atom is -0.359 e. The molecular formula is C47H46Cl2N10O. The van der Waals surface area contributed by atoms with E-state index in [0.29, 0.717) is 73.5 Å². The molecule has 0 radical (unpaired) electrons. The van der Waals surface area contributed by atoms with Crippen LogP contribution in [0.1, 0.15) is 45.3 Å². The van der Waals surface area contributed by atoms with E-state index in [1.165, 1.54) is 0 Å². The van der Waals surface area contributed by atoms with Crippen LogP contribution in [0.5, 0.6) is 0 Å². The average molecular weight is 838 g/mol. The van der Waals surface area contributed by atoms with E-state index in [4.69, 9.17) is 33.2 Å². The van der Waals surface area contributed by atoms with E-state index in [0.717, 1.165) is 58.6 Å². The van der Waals surface area contributed by atoms with Gasteiger partial charge in [0.1, 0.15) is 23.7 Å². The lowest BCUT2D eigenvalue weighted by atomic mass is 9.96. The van der Waals surface area contributed by atoms with Crippen molar-refractivity contribution in [3.8, 4) is 12.1 Å². The van der Waals surface area contributed by atoms with Crippen LogP contribution in [0.4, 0.5) is 11.4 Å². The van der Waals surface area contributed by atoms with Crippen LogP contribution in [0, 0.1) is 36.5 Å². The van der Waals surface area contributed by atoms with Crippen LogP contribution in [0.3, 0.4) is 0 Å². The zero-order valence-corrected chi connectivity index (χ0v) is 35.3. The Hall–Kier alpha value is -5.95. The number of nitriles is 2. The standard InChI is InChI=1S/C47H46Cl2N10O/c1-33-52-25-43(58(33)27-37-13-9-35(23-50)10-14-37)29-54-17-19-56(41-7-3-5-39(48)21-41)45(31-54)47(60)46-32-55(18-20-57(46)42-8-4-6-40(49)22-42)30-44-26-53-34(2)59(44)28-38-15-11-36(24-51)12-16-38/h3-16,21-22,25-26,45-46H,17-20,27-32H2,1-2H3. The van der Waals surface area contributed by atoms with E-state index in [-0.39, 0.29) is 5.78 Å². The maximum atomic E-state index is 15.5. The number of carbonyl (C=O) groups excluding carboxylic acids is 1. The van der Waals surface area contributed by atoms with E-state index in [1.54, 1.807) is 0 Å². The molecule has 0 spiro atoms. The molecule has 4 heterocycles. The van der Waals surface area contributed by atoms with Gasteiger partial charge in [0.15, 0.2) is 5.78 Å². The summed E-state index contributed by atoms with van der Waals surface area (Å²) in [5, 5.41) is 19.9. The summed E-state index contributed by atoms with van der Waals surface area (Å²) >= 11 is 13.2. The van der Waals surface area contributed by atoms with Crippen LogP contribution in [0.2, 0.25) is 10.0 Å². The molecule has 0 amide bonds. The second-order valence-corrected chi connectivity index (χ2v) is 16.5. The monoisotopic (exact) mass is 836 g/mol. The van der Waals surface area contributed by atoms with Crippen molar-refractivity contribution in [2.45, 2.75) is 52.1 Å². The molecule has 13 heteroatoms. The van der Waals surface area contributed by atoms with E-state index >= 15 is 4.79 Å². The highest BCUT2D eigenvalue weighted by Gasteiger charge is 2.41. The molecule has 0 aliphatic carbocycles. The molecular weight excluding hydrogens is 791 g/mol. The smallest absolute Gasteiger partial charge is 0.180 e. The molecule has 8 rings (SSSR count). The van der Waals surface area contributed by atoms with Crippen LogP contribution in [-0.2, 0) is 31.0 Å². The number of piperazine rings is 2. The lowest BCUT2D eigenvalue weighted by molar-refractivity contribution is -0.123. The fourth-order valence-corrected chi connectivity index (χ4v) is 8.88. The van der Waals surface area contributed by atoms with Crippen LogP contribution >= 0.6 is 23.2 Å². The van der Waals surface area contributed by atoms with Gasteiger partial charge in [-0.05, 0) is 85.6 Å². The highest BCUT2D eigenvalue weighted by molar-refractivity contribution is 6.31. The Kier molecular flexibility index (Phi) is 12.3. The second-order valence-electron chi connectivity index (χ2n) is 15.6. The molecule has 2 aliphatic rings. The Balaban J connectivity index is 1.08. The molecule has 0 saturated carbocycles. The number of hydrogen-bond acceptors (Lipinski definition) is 9. The van der Waals surface area contributed by atoms with Crippen molar-refractivity contribution >= 4 is 40.4 Å². The van der Waals surface area contributed by atoms with Gasteiger partial charge < -0.3 is 18.9 Å². The maximum absolute atomic E-state index is 15.5. The molecule has 304 valence electrons. The number of Topliss-reactive ketones (excluding diaryl/α,β-unsaturated/α-hetero) is 1. The van der Waals surface area contributed by atoms with Gasteiger partial charge in [-0.2, -0.15) is 10.5 Å². The van der Waals surface area contributed by atoms with Crippen molar-refractivity contribution in [3.05, 3.63) is 165 Å². The molecule has 4 aromatic carbocycles. The third-order valence-electron chi connectivity index (χ3n) is 11.8. The first kappa shape index (κ1) is 40.8. The third kappa shape index (κ3) is 9.11. The predicted octanol–water partition coefficient (Wildman–Crippen LogP) is 7.49. The van der Waals surface area contributed by atoms with Gasteiger partial charge in [0.25, 0.3) is 0 Å². The first-order chi connectivity index (χ1) is 29.1. The summed E-state index contributed by atoms with van der Waals surface area (Å²) in [6, 6.07) is 34.4. The van der Waals surface area contributed by atoms with Crippen LogP contribution < -0.4 is 9.80 Å². The number of hydrogen-bond donors (Lipinski definition) is 0. The first-order valence-corrected chi connectivity index (χ1v) is 20.9. The number of benzene rings is 4. The molecule has 2 atom stereocenters. The summed E-state index contributed by atoms with van der Waals surface area (Å²) in [4.78, 5) is 34.1. The highest BCUT2D eigenvalue weighted by atomic mass is 35.5. The van der Waals surface area contributed by atoms with E-state index in [2.05, 4.69) is 40.9 Å². The van der Waals surface area contributed by atoms with Crippen molar-refractivity contribution in [2.24, 2.45) is 0 Å². The topological polar surface area (TPSA) is 113 Å². The Labute approximate surface area is 361 Å². The van der Waals surface area contributed by atoms with Crippen molar-refractivity contribution in [1.82, 2.24) is 28.9 Å². The molecule has 2 fully saturated rings. The number of aromatic nitrogens is 4. The first-order valence-electron chi connectivity index (χ1n) is 20.2. The minimum atomic E-state index is -0.469. The lowest BCUT2D eigenvalue weighted by Crippen LogP contribution is -2.64. The van der Waals surface area contributed by atoms with Gasteiger partial charge in [-0.25, -0.2) is 9.97 Å². The zero-order valence-electron chi connectivity index (χ0n) is 33.8. The van der Waals surface area contributed by atoms with Crippen molar-refractivity contribution in [1.29, 1.82) is 10.5 Å². The van der Waals surface area contributed by atoms with Crippen molar-refractivity contribution in [3.63, 3.8) is 0 Å². The number of carbonyl (C=O) groups is 1. The van der Waals surface area contributed by atoms with Gasteiger partial charge in [-0.3, -0.25) is 14.6 Å². The van der Waals surface area contributed by atoms with Crippen LogP contribution in [0.15, 0.2) is 109 Å². The summed E-state index contributed by atoms with van der Waals surface area (Å²) in [5.74, 6) is 1.95. The van der Waals surface area contributed by atoms with E-state index in [9.17, 15) is 10.5 Å². The molecule has 0 bridgehead atoms. The van der Waals surface area contributed by atoms with E-state index in [1.807, 2.05) is 123 Å². The van der Waals surface area contributed by atoms with Crippen LogP contribution in [-0.4, -0.2) is 86.0 Å². The molecule has 2 aromatic heterocycles. The fraction of sp³-hybridized carbons (Fsp3) is 0.298. The largest absolute Gasteiger partial charge is 0.359 e. The lowest BCUT2D eigenvalue weighted by Gasteiger charge is -2.47. The zero-order chi connectivity index (χ0) is 41.8. The van der Waals surface area contributed by atoms with Crippen molar-refractivity contribution in [2.75, 3.05) is 49.1 Å². The second kappa shape index (κ2) is 18.1. The third-order valence-corrected chi connectivity index (χ3v) is 12.2. The summed E-state index contributed by atoms with van der Waals surface area (Å²) < 4.78 is 4.43. The molecule has 2 aliphatic heterocycles. The van der Waals surface area contributed by atoms with Gasteiger partial charge in [0.05, 0.1) is 34.7 Å². The molecule has 2 unspecified atom stereocenters. The number of rotatable bonds is 12. The number of anilines is 2. The van der Waals surface area contributed by atoms with Gasteiger partial charge in [0, 0.05) is 99.3 Å². The maximum Gasteiger partial charge on any atom is 0.180 e. The molecule has 11 nitrogen and oxygen atoms in total. The average Bonchev–Trinajstić information content (AvgIpc) is 3.79. The van der Waals surface area contributed by atoms with Crippen molar-refractivity contribution < 1.29 is 4.79 Å². The Morgan fingerprint density at radius 1 is 0.617 bits per heavy atom. The summed E-state index contributed by atoms with van der Waals surface area (Å²) in [6.07, 6.45) is 3.87. The molecule has 6 aromatic rings. The molecule has 60 heavy (non-hydrogen) atoms. The number of aryl methyl sites for hydroxylation is 2. The summed E-state index contributed by atoms with van der Waals surface area (Å²) in [7, 11) is 0. The number of ketones is 1. The predicted molar refractivity (Wildman–Crippen MR) is 235 cm³/mol. The number of halogens is 2. The number of imidazole rings is 2. The Morgan fingerprint density at radius 2 is 1.03 bits per heavy atom. The van der Waals surface area contributed by atoms with Gasteiger partial charge in [-0.15, -0.1) is 0 Å². The highest BCUT2D eigenvalue weighted by Crippen LogP contribution is 2.30. The summed E-state index contributed by atoms with van der Waals surface area (Å²) in [5.41, 5.74) is 7.42. The van der Waals surface area contributed by atoms with Gasteiger partial charge in [0.2, 0.25) is 0 Å². The normalized spacial score (nSPS) is 17.4. The quantitative estimate of drug-likeness (QED) is 0.124. The summed E-state index contributed by atoms with van der Waals surface area (Å²) in [6.45, 7) is 10.3. The van der Waals surface area contributed by atoms with E-state index < -0.39 is 12.1 Å².